The Bertz CT molecular complexity index is 676. The normalized spacial score (nSPS) is 30.7. The summed E-state index contributed by atoms with van der Waals surface area (Å²) in [5.41, 5.74) is 1.08. The van der Waals surface area contributed by atoms with Crippen molar-refractivity contribution in [2.75, 3.05) is 7.11 Å². The van der Waals surface area contributed by atoms with Crippen molar-refractivity contribution >= 4 is 12.0 Å². The van der Waals surface area contributed by atoms with Crippen molar-refractivity contribution in [2.24, 2.45) is 16.7 Å². The van der Waals surface area contributed by atoms with E-state index in [4.69, 9.17) is 9.47 Å². The number of phenols is 1. The van der Waals surface area contributed by atoms with Gasteiger partial charge in [-0.15, -0.1) is 0 Å². The van der Waals surface area contributed by atoms with Gasteiger partial charge < -0.3 is 14.6 Å². The summed E-state index contributed by atoms with van der Waals surface area (Å²) in [5, 5.41) is 9.60. The quantitative estimate of drug-likeness (QED) is 0.665. The van der Waals surface area contributed by atoms with Gasteiger partial charge in [-0.05, 0) is 54.4 Å². The molecule has 1 aromatic carbocycles. The predicted octanol–water partition coefficient (Wildman–Crippen LogP) is 4.17. The number of methoxy groups -OCH3 is 1. The van der Waals surface area contributed by atoms with Crippen molar-refractivity contribution in [1.82, 2.24) is 0 Å². The molecule has 24 heavy (non-hydrogen) atoms. The van der Waals surface area contributed by atoms with Gasteiger partial charge in [-0.2, -0.15) is 0 Å². The molecule has 0 unspecified atom stereocenters. The van der Waals surface area contributed by atoms with Crippen LogP contribution in [0.25, 0.3) is 6.08 Å². The number of rotatable bonds is 4. The predicted molar refractivity (Wildman–Crippen MR) is 92.8 cm³/mol. The molecule has 0 aromatic heterocycles. The van der Waals surface area contributed by atoms with E-state index in [0.717, 1.165) is 18.4 Å². The van der Waals surface area contributed by atoms with Gasteiger partial charge in [0.15, 0.2) is 11.5 Å². The second-order valence-corrected chi connectivity index (χ2v) is 7.80. The Morgan fingerprint density at radius 3 is 2.67 bits per heavy atom. The van der Waals surface area contributed by atoms with Crippen molar-refractivity contribution in [3.05, 3.63) is 29.8 Å². The summed E-state index contributed by atoms with van der Waals surface area (Å²) in [5.74, 6) is 0.796. The molecule has 4 heteroatoms. The Balaban J connectivity index is 1.67. The average molecular weight is 330 g/mol. The third-order valence-electron chi connectivity index (χ3n) is 6.59. The first-order valence-corrected chi connectivity index (χ1v) is 8.53. The molecule has 0 amide bonds. The largest absolute Gasteiger partial charge is 0.504 e. The topological polar surface area (TPSA) is 55.8 Å². The summed E-state index contributed by atoms with van der Waals surface area (Å²) in [4.78, 5) is 12.2. The molecule has 2 aliphatic rings. The molecule has 0 saturated heterocycles. The van der Waals surface area contributed by atoms with Crippen LogP contribution in [0.3, 0.4) is 0 Å². The van der Waals surface area contributed by atoms with Gasteiger partial charge in [0.1, 0.15) is 6.10 Å². The van der Waals surface area contributed by atoms with E-state index in [-0.39, 0.29) is 28.7 Å². The number of hydrogen-bond acceptors (Lipinski definition) is 4. The number of carbonyl (C=O) groups excluding carboxylic acids is 1. The molecule has 0 radical (unpaired) electrons. The molecule has 3 rings (SSSR count). The van der Waals surface area contributed by atoms with Gasteiger partial charge in [0.05, 0.1) is 7.11 Å². The van der Waals surface area contributed by atoms with E-state index in [1.807, 2.05) is 0 Å². The Morgan fingerprint density at radius 1 is 1.33 bits per heavy atom. The maximum Gasteiger partial charge on any atom is 0.331 e. The third-order valence-corrected chi connectivity index (χ3v) is 6.59. The zero-order valence-corrected chi connectivity index (χ0v) is 14.8. The second kappa shape index (κ2) is 5.83. The average Bonchev–Trinajstić information content (AvgIpc) is 2.87. The number of fused-ring (bicyclic) bond motifs is 2. The van der Waals surface area contributed by atoms with Gasteiger partial charge in [-0.1, -0.05) is 26.8 Å². The number of benzene rings is 1. The monoisotopic (exact) mass is 330 g/mol. The van der Waals surface area contributed by atoms with Crippen LogP contribution in [-0.2, 0) is 9.53 Å². The van der Waals surface area contributed by atoms with E-state index in [9.17, 15) is 9.90 Å². The lowest BCUT2D eigenvalue weighted by atomic mass is 9.70. The molecule has 0 aliphatic heterocycles. The molecule has 1 N–H and O–H groups in total. The van der Waals surface area contributed by atoms with Crippen molar-refractivity contribution < 1.29 is 19.4 Å². The Hall–Kier alpha value is -1.97. The molecule has 0 heterocycles. The van der Waals surface area contributed by atoms with Crippen LogP contribution in [0.1, 0.15) is 45.6 Å². The lowest BCUT2D eigenvalue weighted by Gasteiger charge is -2.38. The van der Waals surface area contributed by atoms with E-state index in [2.05, 4.69) is 20.8 Å². The highest BCUT2D eigenvalue weighted by Crippen LogP contribution is 2.66. The summed E-state index contributed by atoms with van der Waals surface area (Å²) in [6, 6.07) is 4.95. The lowest BCUT2D eigenvalue weighted by Crippen LogP contribution is -2.38. The zero-order valence-electron chi connectivity index (χ0n) is 14.8. The standard InChI is InChI=1S/C20H26O4/c1-19(2)14-9-10-20(19,3)17(12-14)24-18(22)8-6-13-5-7-15(21)16(11-13)23-4/h5-8,11,14,17,21H,9-10,12H2,1-4H3/t14-,17-,20+/m1/s1. The number of esters is 1. The number of hydrogen-bond donors (Lipinski definition) is 1. The summed E-state index contributed by atoms with van der Waals surface area (Å²) in [6.07, 6.45) is 6.47. The number of aromatic hydroxyl groups is 1. The van der Waals surface area contributed by atoms with Crippen LogP contribution >= 0.6 is 0 Å². The molecule has 2 fully saturated rings. The first-order valence-electron chi connectivity index (χ1n) is 8.53. The van der Waals surface area contributed by atoms with Crippen LogP contribution in [0.4, 0.5) is 0 Å². The van der Waals surface area contributed by atoms with Crippen molar-refractivity contribution in [3.63, 3.8) is 0 Å². The molecule has 3 atom stereocenters. The fraction of sp³-hybridized carbons (Fsp3) is 0.550. The number of carbonyl (C=O) groups is 1. The molecular weight excluding hydrogens is 304 g/mol. The molecule has 0 spiro atoms. The summed E-state index contributed by atoms with van der Waals surface area (Å²) >= 11 is 0. The number of phenolic OH excluding ortho intramolecular Hbond substituents is 1. The zero-order chi connectivity index (χ0) is 17.5. The molecule has 2 saturated carbocycles. The van der Waals surface area contributed by atoms with E-state index < -0.39 is 0 Å². The fourth-order valence-corrected chi connectivity index (χ4v) is 4.45. The van der Waals surface area contributed by atoms with E-state index in [1.165, 1.54) is 19.6 Å². The van der Waals surface area contributed by atoms with E-state index >= 15 is 0 Å². The van der Waals surface area contributed by atoms with Gasteiger partial charge in [0.2, 0.25) is 0 Å². The first-order chi connectivity index (χ1) is 11.3. The lowest BCUT2D eigenvalue weighted by molar-refractivity contribution is -0.150. The van der Waals surface area contributed by atoms with Crippen LogP contribution < -0.4 is 4.74 Å². The van der Waals surface area contributed by atoms with Gasteiger partial charge >= 0.3 is 5.97 Å². The highest BCUT2D eigenvalue weighted by molar-refractivity contribution is 5.87. The van der Waals surface area contributed by atoms with E-state index in [1.54, 1.807) is 24.3 Å². The Kier molecular flexibility index (Phi) is 4.10. The highest BCUT2D eigenvalue weighted by Gasteiger charge is 2.62. The Labute approximate surface area is 143 Å². The van der Waals surface area contributed by atoms with Gasteiger partial charge in [0.25, 0.3) is 0 Å². The minimum Gasteiger partial charge on any atom is -0.504 e. The second-order valence-electron chi connectivity index (χ2n) is 7.80. The third kappa shape index (κ3) is 2.58. The van der Waals surface area contributed by atoms with Crippen LogP contribution in [0.15, 0.2) is 24.3 Å². The first kappa shape index (κ1) is 16.9. The maximum absolute atomic E-state index is 12.2. The van der Waals surface area contributed by atoms with Crippen LogP contribution in [-0.4, -0.2) is 24.3 Å². The molecule has 4 nitrogen and oxygen atoms in total. The minimum atomic E-state index is -0.309. The van der Waals surface area contributed by atoms with Crippen LogP contribution in [0, 0.1) is 16.7 Å². The SMILES string of the molecule is COc1cc(C=CC(=O)O[C@@H]2C[C@H]3CC[C@]2(C)C3(C)C)ccc1O. The van der Waals surface area contributed by atoms with Crippen LogP contribution in [0.5, 0.6) is 11.5 Å². The molecular formula is C20H26O4. The smallest absolute Gasteiger partial charge is 0.331 e. The maximum atomic E-state index is 12.2. The van der Waals surface area contributed by atoms with Gasteiger partial charge in [-0.3, -0.25) is 0 Å². The van der Waals surface area contributed by atoms with Crippen LogP contribution in [0.2, 0.25) is 0 Å². The summed E-state index contributed by atoms with van der Waals surface area (Å²) in [6.45, 7) is 6.86. The van der Waals surface area contributed by atoms with Crippen molar-refractivity contribution in [2.45, 2.75) is 46.1 Å². The summed E-state index contributed by atoms with van der Waals surface area (Å²) < 4.78 is 10.8. The van der Waals surface area contributed by atoms with Crippen molar-refractivity contribution in [1.29, 1.82) is 0 Å². The highest BCUT2D eigenvalue weighted by atomic mass is 16.5. The minimum absolute atomic E-state index is 0.00208. The molecule has 130 valence electrons. The van der Waals surface area contributed by atoms with E-state index in [0.29, 0.717) is 11.7 Å². The summed E-state index contributed by atoms with van der Waals surface area (Å²) in [7, 11) is 1.49. The van der Waals surface area contributed by atoms with Crippen molar-refractivity contribution in [3.8, 4) is 11.5 Å². The van der Waals surface area contributed by atoms with Gasteiger partial charge in [-0.25, -0.2) is 4.79 Å². The molecule has 1 aromatic rings. The number of ether oxygens (including phenoxy) is 2. The fourth-order valence-electron chi connectivity index (χ4n) is 4.45. The molecule has 2 bridgehead atoms. The van der Waals surface area contributed by atoms with Gasteiger partial charge in [0, 0.05) is 11.5 Å². The molecule has 2 aliphatic carbocycles. The Morgan fingerprint density at radius 2 is 2.08 bits per heavy atom.